The number of carbonyl (C=O) groups is 3. The molecule has 0 spiro atoms. The van der Waals surface area contributed by atoms with Gasteiger partial charge in [-0.05, 0) is 254 Å². The van der Waals surface area contributed by atoms with Gasteiger partial charge in [-0.2, -0.15) is 0 Å². The Kier molecular flexibility index (Phi) is 44.6. The van der Waals surface area contributed by atoms with E-state index in [0.717, 1.165) is 121 Å². The topological polar surface area (TPSA) is 208 Å². The minimum absolute atomic E-state index is 0.0749. The number of aryl methyl sites for hydroxylation is 2. The molecule has 23 nitrogen and oxygen atoms in total. The molecule has 25 heteroatoms. The van der Waals surface area contributed by atoms with Crippen LogP contribution in [-0.4, -0.2) is 330 Å². The number of primary amides is 1. The molecule has 124 heavy (non-hydrogen) atoms. The first-order chi connectivity index (χ1) is 57.3. The van der Waals surface area contributed by atoms with E-state index in [1.54, 1.807) is 11.2 Å². The molecular formula is C99H180ClN15O8S. The number of amides is 3. The second kappa shape index (κ2) is 50.3. The number of hydrogen-bond donors (Lipinski definition) is 3. The first-order valence-electron chi connectivity index (χ1n) is 46.7. The van der Waals surface area contributed by atoms with Gasteiger partial charge in [0.25, 0.3) is 0 Å². The van der Waals surface area contributed by atoms with Crippen LogP contribution in [0.2, 0.25) is 5.02 Å². The molecule has 4 aromatic rings. The van der Waals surface area contributed by atoms with Crippen molar-refractivity contribution in [3.63, 3.8) is 0 Å². The number of piperazine rings is 4. The van der Waals surface area contributed by atoms with Crippen LogP contribution in [0, 0.1) is 37.5 Å². The zero-order valence-electron chi connectivity index (χ0n) is 84.1. The van der Waals surface area contributed by atoms with Crippen LogP contribution in [0.1, 0.15) is 237 Å². The van der Waals surface area contributed by atoms with Gasteiger partial charge in [-0.3, -0.25) is 58.5 Å². The number of nitrogens with two attached hydrogens (primary N) is 2. The van der Waals surface area contributed by atoms with E-state index in [0.29, 0.717) is 72.9 Å². The smallest absolute Gasteiger partial charge is 0.231 e. The van der Waals surface area contributed by atoms with Crippen LogP contribution in [0.4, 0.5) is 0 Å². The van der Waals surface area contributed by atoms with Crippen LogP contribution < -0.4 is 11.5 Å². The number of likely N-dealkylation sites (N-methyl/N-ethyl adjacent to an activating group) is 1. The van der Waals surface area contributed by atoms with Crippen molar-refractivity contribution in [2.75, 3.05) is 198 Å². The molecule has 5 N–H and O–H groups in total. The number of likely N-dealkylation sites (tertiary alicyclic amines) is 3. The molecule has 10 heterocycles. The van der Waals surface area contributed by atoms with Gasteiger partial charge in [0, 0.05) is 258 Å². The number of thiophene rings is 1. The number of benzene rings is 1. The fraction of sp³-hybridized carbons (Fsp3) is 0.788. The third-order valence-electron chi connectivity index (χ3n) is 24.2. The Morgan fingerprint density at radius 3 is 1.40 bits per heavy atom. The molecule has 12 rings (SSSR count). The number of carbonyl (C=O) groups excluding carboxylic acids is 3. The maximum atomic E-state index is 11.4. The summed E-state index contributed by atoms with van der Waals surface area (Å²) in [4.78, 5) is 66.5. The normalized spacial score (nSPS) is 22.4. The summed E-state index contributed by atoms with van der Waals surface area (Å²) in [6, 6.07) is 14.8. The minimum atomic E-state index is -0.265. The first-order valence-corrected chi connectivity index (χ1v) is 48.0. The molecule has 8 aliphatic rings. The van der Waals surface area contributed by atoms with Crippen molar-refractivity contribution in [3.05, 3.63) is 104 Å². The zero-order chi connectivity index (χ0) is 93.1. The van der Waals surface area contributed by atoms with E-state index in [1.807, 2.05) is 90.9 Å². The maximum absolute atomic E-state index is 11.4. The van der Waals surface area contributed by atoms with Gasteiger partial charge in [0.15, 0.2) is 0 Å². The highest BCUT2D eigenvalue weighted by Crippen LogP contribution is 2.36. The second-order valence-corrected chi connectivity index (χ2v) is 45.6. The van der Waals surface area contributed by atoms with Crippen LogP contribution in [0.25, 0.3) is 0 Å². The van der Waals surface area contributed by atoms with Crippen molar-refractivity contribution in [2.45, 2.75) is 289 Å². The number of ether oxygens (including phenoxy) is 4. The number of furan rings is 1. The molecule has 7 aliphatic heterocycles. The summed E-state index contributed by atoms with van der Waals surface area (Å²) in [5.41, 5.74) is 18.9. The highest BCUT2D eigenvalue weighted by Gasteiger charge is 2.37. The van der Waals surface area contributed by atoms with Crippen LogP contribution in [0.15, 0.2) is 64.7 Å². The lowest BCUT2D eigenvalue weighted by molar-refractivity contribution is -0.128. The summed E-state index contributed by atoms with van der Waals surface area (Å²) in [6.45, 7) is 91.7. The van der Waals surface area contributed by atoms with Gasteiger partial charge in [0.1, 0.15) is 5.76 Å². The maximum Gasteiger partial charge on any atom is 0.231 e. The summed E-state index contributed by atoms with van der Waals surface area (Å²) >= 11 is 7.99. The number of aromatic amines is 1. The number of rotatable bonds is 19. The molecule has 1 aliphatic carbocycles. The van der Waals surface area contributed by atoms with E-state index < -0.39 is 0 Å². The molecular weight excluding hydrogens is 1590 g/mol. The number of aromatic nitrogens is 1. The summed E-state index contributed by atoms with van der Waals surface area (Å²) in [6.07, 6.45) is 6.26. The summed E-state index contributed by atoms with van der Waals surface area (Å²) < 4.78 is 28.4. The number of nitrogens with one attached hydrogen (secondary N) is 1. The molecule has 3 amide bonds. The summed E-state index contributed by atoms with van der Waals surface area (Å²) in [7, 11) is 6.14. The quantitative estimate of drug-likeness (QED) is 0.0797. The van der Waals surface area contributed by atoms with Crippen LogP contribution >= 0.6 is 22.9 Å². The molecule has 0 bridgehead atoms. The highest BCUT2D eigenvalue weighted by atomic mass is 35.5. The minimum Gasteiger partial charge on any atom is -0.469 e. The lowest BCUT2D eigenvalue weighted by Gasteiger charge is -2.42. The van der Waals surface area contributed by atoms with E-state index in [2.05, 4.69) is 248 Å². The highest BCUT2D eigenvalue weighted by molar-refractivity contribution is 7.10. The van der Waals surface area contributed by atoms with Gasteiger partial charge < -0.3 is 54.5 Å². The van der Waals surface area contributed by atoms with E-state index in [9.17, 15) is 14.4 Å². The Morgan fingerprint density at radius 1 is 0.556 bits per heavy atom. The zero-order valence-corrected chi connectivity index (χ0v) is 85.7. The van der Waals surface area contributed by atoms with Gasteiger partial charge >= 0.3 is 0 Å². The molecule has 6 unspecified atom stereocenters. The third kappa shape index (κ3) is 42.2. The predicted molar refractivity (Wildman–Crippen MR) is 518 cm³/mol. The molecule has 712 valence electrons. The van der Waals surface area contributed by atoms with E-state index in [4.69, 9.17) is 46.4 Å². The molecule has 0 saturated carbocycles. The van der Waals surface area contributed by atoms with E-state index in [-0.39, 0.29) is 57.8 Å². The van der Waals surface area contributed by atoms with Crippen molar-refractivity contribution in [1.29, 1.82) is 0 Å². The van der Waals surface area contributed by atoms with E-state index >= 15 is 0 Å². The standard InChI is InChI=1S/C14H24N2O.C14H24N2S.C14H21NO.C13H22ClN3.C12H27N3.C11H22N2O2.C11H21NO2.C10H19NO2/c1-12-13(5-10-17-12)11-15-6-8-16(9-7-15)14(2,3)4;1-12-5-10-17-13(12)11-15-6-8-16(9-7-15)14(2,3)4;1-14(2,3)16-9-11-8-10-6-4-5-7-12(10)13(11)15;1-13(2,3)17-8-6-16(7-9-17)10-12-11(14)4-5-15-12;1-12(2,3)15-10-8-14(9-11-15)7-6-13(4)5;1-8-5-13(7-10(12)14)6-9(8)15-11(2,3)4;1-5-12-7-9(6-10(12)13)8-14-11(2,3)4;1-10(2,3)13-7-8-5-9(12)11(4)6-8/h2*5,10H,6-9,11H2,1-4H3;4-7,11,13H,8-9,15H2,1-3H3;4-5,15H,6-10H2,1-3H3;6-11H2,1-5H3;8-9H,5-7H2,1-4H3,(H2,12,14);9H,5-8H2,1-4H3;8H,5-7H2,1-4H3. The van der Waals surface area contributed by atoms with Crippen molar-refractivity contribution >= 4 is 40.7 Å². The average molecular weight is 1780 g/mol. The van der Waals surface area contributed by atoms with E-state index in [1.165, 1.54) is 106 Å². The Morgan fingerprint density at radius 2 is 1.02 bits per heavy atom. The van der Waals surface area contributed by atoms with Gasteiger partial charge in [0.2, 0.25) is 17.7 Å². The lowest BCUT2D eigenvalue weighted by Crippen LogP contribution is -2.54. The fourth-order valence-corrected chi connectivity index (χ4v) is 17.4. The van der Waals surface area contributed by atoms with Gasteiger partial charge in [-0.25, -0.2) is 0 Å². The number of fused-ring (bicyclic) bond motifs is 1. The SMILES string of the molecule is CC(C)(C)N1CCN(Cc2[nH]ccc2Cl)CC1.CC(C)(C)OCC1Cc2ccccc2C1N.CC1CN(CC(N)=O)CC1OC(C)(C)C.CCN1CC(COC(C)(C)C)CC1=O.CN(C)CCN1CCN(C(C)(C)C)CC1.CN1CC(COC(C)(C)C)CC1=O.Cc1ccsc1CN1CCN(C(C)(C)C)CC1.Cc1occc1CN1CCN(C(C)(C)C)CC1. The van der Waals surface area contributed by atoms with Crippen molar-refractivity contribution in [2.24, 2.45) is 35.1 Å². The Balaban J connectivity index is 0.000000252. The van der Waals surface area contributed by atoms with Gasteiger partial charge in [-0.1, -0.05) is 42.8 Å². The molecule has 0 radical (unpaired) electrons. The average Bonchev–Trinajstić information content (AvgIpc) is 1.64. The van der Waals surface area contributed by atoms with Gasteiger partial charge in [-0.15, -0.1) is 11.3 Å². The fourth-order valence-electron chi connectivity index (χ4n) is 16.3. The Bertz CT molecular complexity index is 3490. The molecule has 7 fully saturated rings. The first kappa shape index (κ1) is 110. The summed E-state index contributed by atoms with van der Waals surface area (Å²) in [5.74, 6) is 2.97. The third-order valence-corrected chi connectivity index (χ3v) is 25.6. The Labute approximate surface area is 764 Å². The second-order valence-electron chi connectivity index (χ2n) is 44.2. The van der Waals surface area contributed by atoms with Crippen LogP contribution in [0.5, 0.6) is 0 Å². The number of hydrogen-bond acceptors (Lipinski definition) is 20. The Hall–Kier alpha value is -4.42. The van der Waals surface area contributed by atoms with Crippen molar-refractivity contribution in [1.82, 2.24) is 63.8 Å². The summed E-state index contributed by atoms with van der Waals surface area (Å²) in [5, 5.41) is 3.05. The van der Waals surface area contributed by atoms with Gasteiger partial charge in [0.05, 0.1) is 66.2 Å². The molecule has 1 aromatic carbocycles. The number of halogens is 1. The number of H-pyrrole nitrogens is 1. The molecule has 3 aromatic heterocycles. The van der Waals surface area contributed by atoms with Crippen molar-refractivity contribution in [3.8, 4) is 0 Å². The van der Waals surface area contributed by atoms with Crippen molar-refractivity contribution < 1.29 is 37.7 Å². The predicted octanol–water partition coefficient (Wildman–Crippen LogP) is 15.3. The van der Waals surface area contributed by atoms with Crippen LogP contribution in [0.3, 0.4) is 0 Å². The lowest BCUT2D eigenvalue weighted by atomic mass is 10.0. The van der Waals surface area contributed by atoms with Crippen LogP contribution in [-0.2, 0) is 59.4 Å². The molecule has 7 saturated heterocycles. The number of nitrogens with zero attached hydrogens (tertiary/aromatic N) is 12. The monoisotopic (exact) mass is 1770 g/mol. The largest absolute Gasteiger partial charge is 0.469 e. The molecule has 6 atom stereocenters.